The predicted molar refractivity (Wildman–Crippen MR) is 81.5 cm³/mol. The Labute approximate surface area is 121 Å². The van der Waals surface area contributed by atoms with E-state index in [-0.39, 0.29) is 6.61 Å². The number of aliphatic hydroxyl groups is 1. The molecular formula is C14H26N4O2. The fourth-order valence-electron chi connectivity index (χ4n) is 2.00. The highest BCUT2D eigenvalue weighted by molar-refractivity contribution is 5.58. The Morgan fingerprint density at radius 3 is 2.55 bits per heavy atom. The molecule has 0 aromatic carbocycles. The van der Waals surface area contributed by atoms with Crippen molar-refractivity contribution in [3.8, 4) is 0 Å². The number of aliphatic hydroxyl groups excluding tert-OH is 1. The van der Waals surface area contributed by atoms with Crippen molar-refractivity contribution >= 4 is 11.6 Å². The maximum Gasteiger partial charge on any atom is 0.137 e. The van der Waals surface area contributed by atoms with Crippen LogP contribution in [0.3, 0.4) is 0 Å². The Morgan fingerprint density at radius 2 is 2.00 bits per heavy atom. The number of aryl methyl sites for hydroxylation is 1. The zero-order valence-electron chi connectivity index (χ0n) is 12.9. The van der Waals surface area contributed by atoms with E-state index in [2.05, 4.69) is 15.3 Å². The minimum Gasteiger partial charge on any atom is -0.395 e. The van der Waals surface area contributed by atoms with Crippen LogP contribution in [0.25, 0.3) is 0 Å². The van der Waals surface area contributed by atoms with Gasteiger partial charge in [0.1, 0.15) is 17.5 Å². The van der Waals surface area contributed by atoms with Gasteiger partial charge in [-0.2, -0.15) is 0 Å². The third kappa shape index (κ3) is 4.31. The first kappa shape index (κ1) is 16.7. The second-order valence-electron chi connectivity index (χ2n) is 4.52. The molecule has 0 saturated heterocycles. The number of ether oxygens (including phenoxy) is 1. The van der Waals surface area contributed by atoms with Crippen molar-refractivity contribution in [1.29, 1.82) is 0 Å². The van der Waals surface area contributed by atoms with Crippen molar-refractivity contribution in [2.24, 2.45) is 0 Å². The molecule has 0 saturated carbocycles. The average Bonchev–Trinajstić information content (AvgIpc) is 2.46. The zero-order valence-corrected chi connectivity index (χ0v) is 12.9. The smallest absolute Gasteiger partial charge is 0.137 e. The molecule has 0 fully saturated rings. The fraction of sp³-hybridized carbons (Fsp3) is 0.714. The Hall–Kier alpha value is -1.40. The van der Waals surface area contributed by atoms with Crippen LogP contribution in [0.5, 0.6) is 0 Å². The number of rotatable bonds is 9. The van der Waals surface area contributed by atoms with E-state index in [1.165, 1.54) is 0 Å². The zero-order chi connectivity index (χ0) is 15.0. The van der Waals surface area contributed by atoms with Gasteiger partial charge < -0.3 is 20.1 Å². The van der Waals surface area contributed by atoms with Crippen LogP contribution in [-0.4, -0.2) is 55.0 Å². The van der Waals surface area contributed by atoms with E-state index >= 15 is 0 Å². The highest BCUT2D eigenvalue weighted by atomic mass is 16.5. The standard InChI is InChI=1S/C14H26N4O2/c1-5-12-16-13(15-6-2)11(3)14(17-12)18(7-9-19)8-10-20-4/h19H,5-10H2,1-4H3,(H,15,16,17). The van der Waals surface area contributed by atoms with E-state index in [9.17, 15) is 5.11 Å². The maximum absolute atomic E-state index is 9.25. The second kappa shape index (κ2) is 8.71. The lowest BCUT2D eigenvalue weighted by Crippen LogP contribution is -2.32. The van der Waals surface area contributed by atoms with Gasteiger partial charge in [0.2, 0.25) is 0 Å². The molecule has 0 spiro atoms. The summed E-state index contributed by atoms with van der Waals surface area (Å²) in [6.07, 6.45) is 0.781. The summed E-state index contributed by atoms with van der Waals surface area (Å²) in [4.78, 5) is 11.2. The number of methoxy groups -OCH3 is 1. The van der Waals surface area contributed by atoms with Gasteiger partial charge in [0, 0.05) is 38.7 Å². The Bertz CT molecular complexity index is 412. The van der Waals surface area contributed by atoms with Crippen LogP contribution in [0.2, 0.25) is 0 Å². The quantitative estimate of drug-likeness (QED) is 0.710. The van der Waals surface area contributed by atoms with Gasteiger partial charge in [-0.1, -0.05) is 6.92 Å². The number of hydrogen-bond acceptors (Lipinski definition) is 6. The van der Waals surface area contributed by atoms with Crippen LogP contribution < -0.4 is 10.2 Å². The first-order chi connectivity index (χ1) is 9.67. The Morgan fingerprint density at radius 1 is 1.25 bits per heavy atom. The Balaban J connectivity index is 3.13. The SMILES string of the molecule is CCNc1nc(CC)nc(N(CCO)CCOC)c1C. The van der Waals surface area contributed by atoms with Crippen LogP contribution in [0.1, 0.15) is 25.2 Å². The monoisotopic (exact) mass is 282 g/mol. The summed E-state index contributed by atoms with van der Waals surface area (Å²) in [6.45, 7) is 8.83. The molecule has 1 rings (SSSR count). The molecule has 0 aliphatic carbocycles. The van der Waals surface area contributed by atoms with Gasteiger partial charge in [-0.3, -0.25) is 0 Å². The summed E-state index contributed by atoms with van der Waals surface area (Å²) in [5.41, 5.74) is 1.01. The average molecular weight is 282 g/mol. The molecule has 0 radical (unpaired) electrons. The summed E-state index contributed by atoms with van der Waals surface area (Å²) < 4.78 is 5.13. The lowest BCUT2D eigenvalue weighted by Gasteiger charge is -2.25. The van der Waals surface area contributed by atoms with Crippen molar-refractivity contribution in [3.05, 3.63) is 11.4 Å². The van der Waals surface area contributed by atoms with Crippen LogP contribution in [0.15, 0.2) is 0 Å². The van der Waals surface area contributed by atoms with Crippen molar-refractivity contribution in [2.75, 3.05) is 50.2 Å². The number of hydrogen-bond donors (Lipinski definition) is 2. The van der Waals surface area contributed by atoms with E-state index in [1.54, 1.807) is 7.11 Å². The summed E-state index contributed by atoms with van der Waals surface area (Å²) in [7, 11) is 1.67. The normalized spacial score (nSPS) is 10.7. The minimum atomic E-state index is 0.0884. The molecule has 0 amide bonds. The van der Waals surface area contributed by atoms with Gasteiger partial charge in [-0.25, -0.2) is 9.97 Å². The fourth-order valence-corrected chi connectivity index (χ4v) is 2.00. The van der Waals surface area contributed by atoms with Gasteiger partial charge in [-0.15, -0.1) is 0 Å². The first-order valence-corrected chi connectivity index (χ1v) is 7.13. The highest BCUT2D eigenvalue weighted by Crippen LogP contribution is 2.23. The van der Waals surface area contributed by atoms with Gasteiger partial charge in [-0.05, 0) is 13.8 Å². The van der Waals surface area contributed by atoms with Crippen LogP contribution in [-0.2, 0) is 11.2 Å². The van der Waals surface area contributed by atoms with Crippen LogP contribution in [0, 0.1) is 6.92 Å². The molecule has 0 atom stereocenters. The van der Waals surface area contributed by atoms with Crippen molar-refractivity contribution in [3.63, 3.8) is 0 Å². The van der Waals surface area contributed by atoms with Crippen molar-refractivity contribution in [2.45, 2.75) is 27.2 Å². The van der Waals surface area contributed by atoms with Gasteiger partial charge in [0.05, 0.1) is 13.2 Å². The van der Waals surface area contributed by atoms with Crippen LogP contribution >= 0.6 is 0 Å². The highest BCUT2D eigenvalue weighted by Gasteiger charge is 2.15. The number of nitrogens with zero attached hydrogens (tertiary/aromatic N) is 3. The lowest BCUT2D eigenvalue weighted by molar-refractivity contribution is 0.202. The lowest BCUT2D eigenvalue weighted by atomic mass is 10.2. The van der Waals surface area contributed by atoms with E-state index in [1.807, 2.05) is 25.7 Å². The largest absolute Gasteiger partial charge is 0.395 e. The second-order valence-corrected chi connectivity index (χ2v) is 4.52. The number of aromatic nitrogens is 2. The third-order valence-electron chi connectivity index (χ3n) is 3.06. The van der Waals surface area contributed by atoms with E-state index in [4.69, 9.17) is 4.74 Å². The van der Waals surface area contributed by atoms with Gasteiger partial charge in [0.25, 0.3) is 0 Å². The molecule has 1 heterocycles. The number of nitrogens with one attached hydrogen (secondary N) is 1. The molecular weight excluding hydrogens is 256 g/mol. The summed E-state index contributed by atoms with van der Waals surface area (Å²) in [6, 6.07) is 0. The topological polar surface area (TPSA) is 70.5 Å². The molecule has 0 unspecified atom stereocenters. The summed E-state index contributed by atoms with van der Waals surface area (Å²) in [5, 5.41) is 12.5. The molecule has 0 bridgehead atoms. The van der Waals surface area contributed by atoms with E-state index < -0.39 is 0 Å². The molecule has 6 nitrogen and oxygen atoms in total. The molecule has 114 valence electrons. The minimum absolute atomic E-state index is 0.0884. The number of anilines is 2. The molecule has 0 aliphatic rings. The maximum atomic E-state index is 9.25. The molecule has 0 aliphatic heterocycles. The third-order valence-corrected chi connectivity index (χ3v) is 3.06. The Kier molecular flexibility index (Phi) is 7.25. The van der Waals surface area contributed by atoms with E-state index in [0.717, 1.165) is 36.0 Å². The first-order valence-electron chi connectivity index (χ1n) is 7.13. The molecule has 2 N–H and O–H groups in total. The summed E-state index contributed by atoms with van der Waals surface area (Å²) >= 11 is 0. The van der Waals surface area contributed by atoms with Crippen LogP contribution in [0.4, 0.5) is 11.6 Å². The van der Waals surface area contributed by atoms with E-state index in [0.29, 0.717) is 19.7 Å². The van der Waals surface area contributed by atoms with Crippen molar-refractivity contribution < 1.29 is 9.84 Å². The van der Waals surface area contributed by atoms with Crippen molar-refractivity contribution in [1.82, 2.24) is 9.97 Å². The van der Waals surface area contributed by atoms with Gasteiger partial charge >= 0.3 is 0 Å². The molecule has 20 heavy (non-hydrogen) atoms. The molecule has 6 heteroatoms. The van der Waals surface area contributed by atoms with Gasteiger partial charge in [0.15, 0.2) is 0 Å². The predicted octanol–water partition coefficient (Wildman–Crippen LogP) is 1.22. The molecule has 1 aromatic heterocycles. The summed E-state index contributed by atoms with van der Waals surface area (Å²) in [5.74, 6) is 2.55. The molecule has 1 aromatic rings.